The van der Waals surface area contributed by atoms with Crippen LogP contribution in [0.4, 0.5) is 5.69 Å². The molecular formula is C16H13N5O2S. The quantitative estimate of drug-likeness (QED) is 0.416. The molecule has 0 amide bonds. The maximum Gasteiger partial charge on any atom is 0.270 e. The van der Waals surface area contributed by atoms with Gasteiger partial charge in [-0.05, 0) is 6.07 Å². The van der Waals surface area contributed by atoms with Gasteiger partial charge in [-0.1, -0.05) is 18.2 Å². The molecule has 0 bridgehead atoms. The number of non-ortho nitro benzene ring substituents is 1. The molecule has 8 heteroatoms. The zero-order valence-corrected chi connectivity index (χ0v) is 13.6. The highest BCUT2D eigenvalue weighted by atomic mass is 32.1. The Morgan fingerprint density at radius 1 is 1.33 bits per heavy atom. The van der Waals surface area contributed by atoms with Crippen LogP contribution in [-0.2, 0) is 0 Å². The molecule has 1 aromatic carbocycles. The van der Waals surface area contributed by atoms with Crippen LogP contribution in [0.5, 0.6) is 0 Å². The maximum absolute atomic E-state index is 11.0. The van der Waals surface area contributed by atoms with E-state index in [1.54, 1.807) is 36.4 Å². The maximum atomic E-state index is 11.0. The Morgan fingerprint density at radius 3 is 2.92 bits per heavy atom. The van der Waals surface area contributed by atoms with Crippen molar-refractivity contribution in [2.75, 3.05) is 7.05 Å². The number of benzene rings is 1. The topological polar surface area (TPSA) is 85.7 Å². The van der Waals surface area contributed by atoms with Crippen molar-refractivity contribution in [3.8, 4) is 11.3 Å². The van der Waals surface area contributed by atoms with E-state index in [9.17, 15) is 10.1 Å². The van der Waals surface area contributed by atoms with Crippen LogP contribution in [0.2, 0.25) is 0 Å². The van der Waals surface area contributed by atoms with Gasteiger partial charge in [-0.3, -0.25) is 20.1 Å². The van der Waals surface area contributed by atoms with E-state index in [1.165, 1.54) is 23.5 Å². The summed E-state index contributed by atoms with van der Waals surface area (Å²) in [4.78, 5) is 19.5. The fourth-order valence-electron chi connectivity index (χ4n) is 2.12. The first-order chi connectivity index (χ1) is 11.7. The molecule has 0 aliphatic rings. The van der Waals surface area contributed by atoms with Gasteiger partial charge < -0.3 is 0 Å². The molecule has 0 aliphatic heterocycles. The van der Waals surface area contributed by atoms with Crippen LogP contribution in [0.15, 0.2) is 64.3 Å². The number of pyridine rings is 1. The minimum absolute atomic E-state index is 0.0384. The smallest absolute Gasteiger partial charge is 0.264 e. The first kappa shape index (κ1) is 15.8. The predicted molar refractivity (Wildman–Crippen MR) is 93.1 cm³/mol. The van der Waals surface area contributed by atoms with Gasteiger partial charge in [0, 0.05) is 48.1 Å². The third-order valence-corrected chi connectivity index (χ3v) is 4.14. The monoisotopic (exact) mass is 339 g/mol. The minimum Gasteiger partial charge on any atom is -0.264 e. The lowest BCUT2D eigenvalue weighted by molar-refractivity contribution is -0.384. The lowest BCUT2D eigenvalue weighted by Crippen LogP contribution is -2.11. The van der Waals surface area contributed by atoms with E-state index >= 15 is 0 Å². The van der Waals surface area contributed by atoms with Crippen molar-refractivity contribution in [1.82, 2.24) is 9.66 Å². The van der Waals surface area contributed by atoms with Crippen LogP contribution < -0.4 is 4.80 Å². The molecule has 120 valence electrons. The van der Waals surface area contributed by atoms with E-state index in [2.05, 4.69) is 15.1 Å². The Labute approximate surface area is 141 Å². The van der Waals surface area contributed by atoms with Crippen molar-refractivity contribution >= 4 is 23.2 Å². The molecule has 0 saturated heterocycles. The number of rotatable bonds is 4. The van der Waals surface area contributed by atoms with Gasteiger partial charge in [-0.25, -0.2) is 4.68 Å². The van der Waals surface area contributed by atoms with Crippen molar-refractivity contribution in [2.24, 2.45) is 10.1 Å². The number of hydrogen-bond acceptors (Lipinski definition) is 6. The molecule has 0 spiro atoms. The van der Waals surface area contributed by atoms with Gasteiger partial charge in [0.25, 0.3) is 5.69 Å². The van der Waals surface area contributed by atoms with Gasteiger partial charge in [0.15, 0.2) is 0 Å². The lowest BCUT2D eigenvalue weighted by atomic mass is 10.1. The summed E-state index contributed by atoms with van der Waals surface area (Å²) in [6.45, 7) is 0. The fraction of sp³-hybridized carbons (Fsp3) is 0.0625. The molecule has 0 N–H and O–H groups in total. The second-order valence-corrected chi connectivity index (χ2v) is 5.61. The zero-order chi connectivity index (χ0) is 16.9. The third-order valence-electron chi connectivity index (χ3n) is 3.24. The Morgan fingerprint density at radius 2 is 2.21 bits per heavy atom. The van der Waals surface area contributed by atoms with Crippen molar-refractivity contribution in [3.05, 3.63) is 74.7 Å². The molecule has 0 fully saturated rings. The van der Waals surface area contributed by atoms with Crippen molar-refractivity contribution in [2.45, 2.75) is 0 Å². The molecule has 2 aromatic heterocycles. The molecular weight excluding hydrogens is 326 g/mol. The Kier molecular flexibility index (Phi) is 4.57. The molecule has 3 rings (SSSR count). The van der Waals surface area contributed by atoms with Gasteiger partial charge >= 0.3 is 0 Å². The van der Waals surface area contributed by atoms with Crippen LogP contribution in [0.1, 0.15) is 5.56 Å². The van der Waals surface area contributed by atoms with E-state index in [0.717, 1.165) is 11.3 Å². The summed E-state index contributed by atoms with van der Waals surface area (Å²) in [7, 11) is 1.68. The average Bonchev–Trinajstić information content (AvgIpc) is 3.04. The fourth-order valence-corrected chi connectivity index (χ4v) is 2.92. The molecule has 0 unspecified atom stereocenters. The van der Waals surface area contributed by atoms with Gasteiger partial charge in [-0.15, -0.1) is 11.3 Å². The van der Waals surface area contributed by atoms with Crippen LogP contribution >= 0.6 is 11.3 Å². The molecule has 24 heavy (non-hydrogen) atoms. The molecule has 3 aromatic rings. The minimum atomic E-state index is -0.412. The molecule has 0 radical (unpaired) electrons. The summed E-state index contributed by atoms with van der Waals surface area (Å²) in [6, 6.07) is 10.2. The van der Waals surface area contributed by atoms with Gasteiger partial charge in [-0.2, -0.15) is 5.10 Å². The first-order valence-corrected chi connectivity index (χ1v) is 7.89. The third kappa shape index (κ3) is 3.28. The number of nitro groups is 1. The van der Waals surface area contributed by atoms with Crippen molar-refractivity contribution in [3.63, 3.8) is 0 Å². The molecule has 7 nitrogen and oxygen atoms in total. The molecule has 0 aliphatic carbocycles. The summed E-state index contributed by atoms with van der Waals surface area (Å²) in [5, 5.41) is 17.3. The molecule has 0 atom stereocenters. The predicted octanol–water partition coefficient (Wildman–Crippen LogP) is 2.93. The summed E-state index contributed by atoms with van der Waals surface area (Å²) in [6.07, 6.45) is 5.07. The summed E-state index contributed by atoms with van der Waals surface area (Å²) in [5.74, 6) is 0. The number of hydrogen-bond donors (Lipinski definition) is 0. The van der Waals surface area contributed by atoms with Crippen LogP contribution in [-0.4, -0.2) is 27.8 Å². The number of aromatic nitrogens is 2. The van der Waals surface area contributed by atoms with Crippen molar-refractivity contribution in [1.29, 1.82) is 0 Å². The number of nitro benzene ring substituents is 1. The second-order valence-electron chi connectivity index (χ2n) is 4.78. The van der Waals surface area contributed by atoms with Crippen LogP contribution in [0.3, 0.4) is 0 Å². The van der Waals surface area contributed by atoms with Gasteiger partial charge in [0.1, 0.15) is 0 Å². The number of thiazole rings is 1. The number of nitrogens with zero attached hydrogens (tertiary/aromatic N) is 5. The summed E-state index contributed by atoms with van der Waals surface area (Å²) in [5.41, 5.74) is 2.34. The van der Waals surface area contributed by atoms with Gasteiger partial charge in [0.05, 0.1) is 16.8 Å². The van der Waals surface area contributed by atoms with Crippen molar-refractivity contribution < 1.29 is 4.92 Å². The van der Waals surface area contributed by atoms with E-state index in [-0.39, 0.29) is 5.69 Å². The molecule has 0 saturated carbocycles. The molecule has 2 heterocycles. The first-order valence-electron chi connectivity index (χ1n) is 7.01. The van der Waals surface area contributed by atoms with E-state index < -0.39 is 4.92 Å². The Bertz CT molecular complexity index is 960. The van der Waals surface area contributed by atoms with E-state index in [1.807, 2.05) is 23.6 Å². The van der Waals surface area contributed by atoms with Crippen LogP contribution in [0, 0.1) is 10.1 Å². The standard InChI is InChI=1S/C16H13N5O2S/c1-17-16-20(19-10-12-4-3-7-18-9-12)15(11-24-16)13-5-2-6-14(8-13)21(22)23/h2-11H,1H3/b17-16?,19-10-. The largest absolute Gasteiger partial charge is 0.270 e. The van der Waals surface area contributed by atoms with E-state index in [4.69, 9.17) is 0 Å². The Balaban J connectivity index is 2.07. The SMILES string of the molecule is CN=c1scc(-c2cccc([N+](=O)[O-])c2)n1/N=C\c1cccnc1. The summed E-state index contributed by atoms with van der Waals surface area (Å²) < 4.78 is 1.66. The Hall–Kier alpha value is -3.13. The second kappa shape index (κ2) is 6.97. The highest BCUT2D eigenvalue weighted by Crippen LogP contribution is 2.24. The highest BCUT2D eigenvalue weighted by Gasteiger charge is 2.11. The van der Waals surface area contributed by atoms with Crippen LogP contribution in [0.25, 0.3) is 11.3 Å². The normalized spacial score (nSPS) is 12.0. The zero-order valence-electron chi connectivity index (χ0n) is 12.7. The van der Waals surface area contributed by atoms with E-state index in [0.29, 0.717) is 10.4 Å². The van der Waals surface area contributed by atoms with Gasteiger partial charge in [0.2, 0.25) is 4.80 Å². The average molecular weight is 339 g/mol. The lowest BCUT2D eigenvalue weighted by Gasteiger charge is -2.03. The highest BCUT2D eigenvalue weighted by molar-refractivity contribution is 7.07. The summed E-state index contributed by atoms with van der Waals surface area (Å²) >= 11 is 1.42.